The number of carbonyl (C=O) groups excluding carboxylic acids is 1. The lowest BCUT2D eigenvalue weighted by atomic mass is 9.88. The lowest BCUT2D eigenvalue weighted by Gasteiger charge is -2.30. The lowest BCUT2D eigenvalue weighted by Crippen LogP contribution is -2.41. The molecule has 3 heteroatoms. The number of cyclic esters (lactones) is 1. The minimum Gasteiger partial charge on any atom is -0.465 e. The van der Waals surface area contributed by atoms with Crippen molar-refractivity contribution in [3.05, 3.63) is 12.7 Å². The summed E-state index contributed by atoms with van der Waals surface area (Å²) >= 11 is 0. The summed E-state index contributed by atoms with van der Waals surface area (Å²) in [4.78, 5) is 11.1. The van der Waals surface area contributed by atoms with Gasteiger partial charge in [-0.1, -0.05) is 13.0 Å². The van der Waals surface area contributed by atoms with Gasteiger partial charge in [0.1, 0.15) is 0 Å². The topological polar surface area (TPSA) is 46.5 Å². The highest BCUT2D eigenvalue weighted by Gasteiger charge is 2.35. The summed E-state index contributed by atoms with van der Waals surface area (Å²) in [7, 11) is 0. The molecular weight excluding hydrogens is 156 g/mol. The highest BCUT2D eigenvalue weighted by Crippen LogP contribution is 2.23. The van der Waals surface area contributed by atoms with E-state index in [0.717, 1.165) is 0 Å². The van der Waals surface area contributed by atoms with Crippen molar-refractivity contribution in [1.82, 2.24) is 0 Å². The van der Waals surface area contributed by atoms with Gasteiger partial charge in [0.05, 0.1) is 18.6 Å². The number of allylic oxidation sites excluding steroid dienone is 1. The Labute approximate surface area is 72.0 Å². The summed E-state index contributed by atoms with van der Waals surface area (Å²) in [5.41, 5.74) is 0. The van der Waals surface area contributed by atoms with E-state index in [1.807, 2.05) is 6.92 Å². The molecule has 68 valence electrons. The van der Waals surface area contributed by atoms with Gasteiger partial charge < -0.3 is 9.84 Å². The molecule has 0 radical (unpaired) electrons. The molecule has 1 aliphatic heterocycles. The van der Waals surface area contributed by atoms with Gasteiger partial charge in [-0.2, -0.15) is 0 Å². The quantitative estimate of drug-likeness (QED) is 0.491. The van der Waals surface area contributed by atoms with Gasteiger partial charge in [0, 0.05) is 5.92 Å². The standard InChI is InChI=1S/C9H14O3/c1-3-4-7-8(10)6(2)5-12-9(7)11/h3,6-8,10H,1,4-5H2,2H3/t6-,7+,8-/m0/s1. The summed E-state index contributed by atoms with van der Waals surface area (Å²) in [6, 6.07) is 0. The molecule has 1 N–H and O–H groups in total. The van der Waals surface area contributed by atoms with Crippen LogP contribution in [0.25, 0.3) is 0 Å². The zero-order valence-electron chi connectivity index (χ0n) is 7.19. The molecule has 1 rings (SSSR count). The van der Waals surface area contributed by atoms with Crippen molar-refractivity contribution < 1.29 is 14.6 Å². The molecule has 1 aliphatic rings. The zero-order chi connectivity index (χ0) is 9.14. The Bertz CT molecular complexity index is 188. The second-order valence-corrected chi connectivity index (χ2v) is 3.23. The van der Waals surface area contributed by atoms with Crippen LogP contribution in [0.3, 0.4) is 0 Å². The number of aliphatic hydroxyl groups excluding tert-OH is 1. The van der Waals surface area contributed by atoms with Gasteiger partial charge in [-0.15, -0.1) is 6.58 Å². The van der Waals surface area contributed by atoms with E-state index in [4.69, 9.17) is 4.74 Å². The number of rotatable bonds is 2. The number of carbonyl (C=O) groups is 1. The predicted molar refractivity (Wildman–Crippen MR) is 44.4 cm³/mol. The minimum atomic E-state index is -0.579. The first-order valence-corrected chi connectivity index (χ1v) is 4.12. The van der Waals surface area contributed by atoms with Gasteiger partial charge in [-0.3, -0.25) is 4.79 Å². The molecule has 0 aromatic carbocycles. The highest BCUT2D eigenvalue weighted by atomic mass is 16.5. The molecule has 0 aliphatic carbocycles. The molecular formula is C9H14O3. The number of hydrogen-bond acceptors (Lipinski definition) is 3. The van der Waals surface area contributed by atoms with Crippen molar-refractivity contribution in [1.29, 1.82) is 0 Å². The third-order valence-corrected chi connectivity index (χ3v) is 2.21. The molecule has 0 amide bonds. The van der Waals surface area contributed by atoms with E-state index in [9.17, 15) is 9.90 Å². The first-order chi connectivity index (χ1) is 5.66. The van der Waals surface area contributed by atoms with Crippen molar-refractivity contribution in [2.45, 2.75) is 19.4 Å². The Balaban J connectivity index is 2.64. The van der Waals surface area contributed by atoms with Crippen molar-refractivity contribution in [2.24, 2.45) is 11.8 Å². The van der Waals surface area contributed by atoms with E-state index < -0.39 is 12.0 Å². The van der Waals surface area contributed by atoms with Crippen molar-refractivity contribution in [3.8, 4) is 0 Å². The second-order valence-electron chi connectivity index (χ2n) is 3.23. The molecule has 0 unspecified atom stereocenters. The van der Waals surface area contributed by atoms with Crippen LogP contribution in [0.15, 0.2) is 12.7 Å². The Hall–Kier alpha value is -0.830. The van der Waals surface area contributed by atoms with Gasteiger partial charge >= 0.3 is 5.97 Å². The monoisotopic (exact) mass is 170 g/mol. The van der Waals surface area contributed by atoms with Crippen LogP contribution >= 0.6 is 0 Å². The van der Waals surface area contributed by atoms with Gasteiger partial charge in [0.2, 0.25) is 0 Å². The second kappa shape index (κ2) is 3.72. The fourth-order valence-corrected chi connectivity index (χ4v) is 1.37. The SMILES string of the molecule is C=CC[C@H]1C(=O)OC[C@H](C)[C@@H]1O. The average molecular weight is 170 g/mol. The van der Waals surface area contributed by atoms with E-state index in [1.165, 1.54) is 0 Å². The van der Waals surface area contributed by atoms with E-state index in [1.54, 1.807) is 6.08 Å². The van der Waals surface area contributed by atoms with Gasteiger partial charge in [0.15, 0.2) is 0 Å². The van der Waals surface area contributed by atoms with Crippen molar-refractivity contribution in [2.75, 3.05) is 6.61 Å². The summed E-state index contributed by atoms with van der Waals surface area (Å²) < 4.78 is 4.88. The van der Waals surface area contributed by atoms with Gasteiger partial charge in [0.25, 0.3) is 0 Å². The lowest BCUT2D eigenvalue weighted by molar-refractivity contribution is -0.166. The Morgan fingerprint density at radius 3 is 3.08 bits per heavy atom. The molecule has 0 aromatic rings. The van der Waals surface area contributed by atoms with Gasteiger partial charge in [-0.25, -0.2) is 0 Å². The molecule has 12 heavy (non-hydrogen) atoms. The summed E-state index contributed by atoms with van der Waals surface area (Å²) in [6.45, 7) is 5.73. The maximum atomic E-state index is 11.1. The summed E-state index contributed by atoms with van der Waals surface area (Å²) in [6.07, 6.45) is 1.54. The maximum Gasteiger partial charge on any atom is 0.311 e. The van der Waals surface area contributed by atoms with Crippen LogP contribution in [0.2, 0.25) is 0 Å². The van der Waals surface area contributed by atoms with E-state index in [2.05, 4.69) is 6.58 Å². The van der Waals surface area contributed by atoms with Crippen LogP contribution in [0.1, 0.15) is 13.3 Å². The third kappa shape index (κ3) is 1.67. The first kappa shape index (κ1) is 9.26. The molecule has 0 saturated carbocycles. The number of ether oxygens (including phenoxy) is 1. The molecule has 1 heterocycles. The van der Waals surface area contributed by atoms with Crippen LogP contribution in [-0.4, -0.2) is 23.8 Å². The largest absolute Gasteiger partial charge is 0.465 e. The number of aliphatic hydroxyl groups is 1. The molecule has 1 fully saturated rings. The Kier molecular flexibility index (Phi) is 2.87. The summed E-state index contributed by atoms with van der Waals surface area (Å²) in [5, 5.41) is 9.59. The Morgan fingerprint density at radius 1 is 1.83 bits per heavy atom. The fourth-order valence-electron chi connectivity index (χ4n) is 1.37. The van der Waals surface area contributed by atoms with Crippen molar-refractivity contribution in [3.63, 3.8) is 0 Å². The highest BCUT2D eigenvalue weighted by molar-refractivity contribution is 5.74. The van der Waals surface area contributed by atoms with Crippen LogP contribution in [0.5, 0.6) is 0 Å². The predicted octanol–water partition coefficient (Wildman–Crippen LogP) is 0.732. The molecule has 0 spiro atoms. The third-order valence-electron chi connectivity index (χ3n) is 2.21. The number of hydrogen-bond donors (Lipinski definition) is 1. The minimum absolute atomic E-state index is 0.0349. The van der Waals surface area contributed by atoms with Crippen LogP contribution in [-0.2, 0) is 9.53 Å². The fraction of sp³-hybridized carbons (Fsp3) is 0.667. The molecule has 1 saturated heterocycles. The average Bonchev–Trinajstić information content (AvgIpc) is 2.06. The zero-order valence-corrected chi connectivity index (χ0v) is 7.19. The van der Waals surface area contributed by atoms with Crippen molar-refractivity contribution >= 4 is 5.97 Å². The molecule has 0 aromatic heterocycles. The normalized spacial score (nSPS) is 35.8. The molecule has 0 bridgehead atoms. The smallest absolute Gasteiger partial charge is 0.311 e. The molecule has 3 nitrogen and oxygen atoms in total. The van der Waals surface area contributed by atoms with Crippen LogP contribution in [0, 0.1) is 11.8 Å². The van der Waals surface area contributed by atoms with Crippen LogP contribution < -0.4 is 0 Å². The maximum absolute atomic E-state index is 11.1. The number of esters is 1. The van der Waals surface area contributed by atoms with Crippen LogP contribution in [0.4, 0.5) is 0 Å². The van der Waals surface area contributed by atoms with E-state index >= 15 is 0 Å². The van der Waals surface area contributed by atoms with Gasteiger partial charge in [-0.05, 0) is 6.42 Å². The van der Waals surface area contributed by atoms with E-state index in [-0.39, 0.29) is 11.9 Å². The van der Waals surface area contributed by atoms with E-state index in [0.29, 0.717) is 13.0 Å². The summed E-state index contributed by atoms with van der Waals surface area (Å²) in [5.74, 6) is -0.681. The Morgan fingerprint density at radius 2 is 2.50 bits per heavy atom. The molecule has 3 atom stereocenters. The first-order valence-electron chi connectivity index (χ1n) is 4.12.